The van der Waals surface area contributed by atoms with Gasteiger partial charge in [0.05, 0.1) is 11.0 Å². The van der Waals surface area contributed by atoms with Gasteiger partial charge in [0.25, 0.3) is 0 Å². The average molecular weight is 361 g/mol. The Bertz CT molecular complexity index is 688. The maximum atomic E-state index is 12.7. The molecule has 0 radical (unpaired) electrons. The van der Waals surface area contributed by atoms with Gasteiger partial charge >= 0.3 is 0 Å². The summed E-state index contributed by atoms with van der Waals surface area (Å²) in [6.45, 7) is 2.41. The Morgan fingerprint density at radius 2 is 1.75 bits per heavy atom. The van der Waals surface area contributed by atoms with Crippen molar-refractivity contribution in [3.8, 4) is 0 Å². The van der Waals surface area contributed by atoms with E-state index in [0.717, 1.165) is 11.1 Å². The molecule has 0 heterocycles. The Hall–Kier alpha value is -1.75. The smallest absolute Gasteiger partial charge is 0.244 e. The van der Waals surface area contributed by atoms with Crippen LogP contribution in [-0.4, -0.2) is 28.4 Å². The van der Waals surface area contributed by atoms with Gasteiger partial charge in [-0.2, -0.15) is 0 Å². The van der Waals surface area contributed by atoms with E-state index in [1.807, 2.05) is 61.5 Å². The highest BCUT2D eigenvalue weighted by Gasteiger charge is 2.23. The fraction of sp³-hybridized carbons (Fsp3) is 0.263. The molecule has 24 heavy (non-hydrogen) atoms. The second-order valence-electron chi connectivity index (χ2n) is 5.58. The van der Waals surface area contributed by atoms with Crippen LogP contribution in [0.4, 0.5) is 0 Å². The average Bonchev–Trinajstić information content (AvgIpc) is 2.58. The third-order valence-electron chi connectivity index (χ3n) is 3.77. The number of halogens is 1. The van der Waals surface area contributed by atoms with Gasteiger partial charge in [0.1, 0.15) is 0 Å². The maximum Gasteiger partial charge on any atom is 0.244 e. The molecule has 0 bridgehead atoms. The number of hydrogen-bond acceptors (Lipinski definition) is 3. The fourth-order valence-electron chi connectivity index (χ4n) is 2.48. The van der Waals surface area contributed by atoms with Crippen molar-refractivity contribution in [3.05, 3.63) is 70.7 Å². The van der Waals surface area contributed by atoms with Gasteiger partial charge in [-0.3, -0.25) is 4.79 Å². The number of rotatable bonds is 6. The lowest BCUT2D eigenvalue weighted by Gasteiger charge is -2.25. The molecule has 3 nitrogen and oxygen atoms in total. The Kier molecular flexibility index (Phi) is 6.91. The minimum Gasteiger partial charge on any atom is -0.320 e. The molecule has 5 heteroatoms. The third kappa shape index (κ3) is 5.13. The van der Waals surface area contributed by atoms with Crippen LogP contribution in [0.25, 0.3) is 0 Å². The molecule has 2 aromatic rings. The molecule has 0 aliphatic heterocycles. The molecule has 1 amide bonds. The maximum absolute atomic E-state index is 12.7. The molecule has 0 unspecified atom stereocenters. The van der Waals surface area contributed by atoms with Crippen LogP contribution in [0.5, 0.6) is 0 Å². The Balaban J connectivity index is 2.01. The number of hydrogen-bond donors (Lipinski definition) is 1. The SMILES string of the molecule is CCN(C(=O)[C@@H](N)Cc1ccccc1)C(=S)Cc1ccc(Cl)cc1. The molecular weight excluding hydrogens is 340 g/mol. The number of nitrogens with two attached hydrogens (primary N) is 1. The molecule has 0 saturated heterocycles. The monoisotopic (exact) mass is 360 g/mol. The summed E-state index contributed by atoms with van der Waals surface area (Å²) in [6.07, 6.45) is 1.02. The van der Waals surface area contributed by atoms with E-state index in [1.54, 1.807) is 4.90 Å². The van der Waals surface area contributed by atoms with Gasteiger partial charge in [-0.15, -0.1) is 0 Å². The third-order valence-corrected chi connectivity index (χ3v) is 4.38. The quantitative estimate of drug-likeness (QED) is 0.800. The number of likely N-dealkylation sites (N-methyl/N-ethyl adjacent to an activating group) is 1. The molecule has 0 aliphatic rings. The zero-order chi connectivity index (χ0) is 17.5. The van der Waals surface area contributed by atoms with Gasteiger partial charge in [-0.05, 0) is 36.6 Å². The van der Waals surface area contributed by atoms with Crippen molar-refractivity contribution < 1.29 is 4.79 Å². The second-order valence-corrected chi connectivity index (χ2v) is 6.48. The van der Waals surface area contributed by atoms with Crippen LogP contribution >= 0.6 is 23.8 Å². The molecule has 126 valence electrons. The van der Waals surface area contributed by atoms with E-state index >= 15 is 0 Å². The standard InChI is InChI=1S/C19H21ClN2OS/c1-2-22(18(24)13-15-8-10-16(20)11-9-15)19(23)17(21)12-14-6-4-3-5-7-14/h3-11,17H,2,12-13,21H2,1H3/t17-/m0/s1. The van der Waals surface area contributed by atoms with Gasteiger partial charge in [0.15, 0.2) is 0 Å². The van der Waals surface area contributed by atoms with Crippen molar-refractivity contribution in [2.75, 3.05) is 6.54 Å². The first-order valence-corrected chi connectivity index (χ1v) is 8.68. The van der Waals surface area contributed by atoms with Crippen LogP contribution < -0.4 is 5.73 Å². The number of thiocarbonyl (C=S) groups is 1. The van der Waals surface area contributed by atoms with Crippen molar-refractivity contribution in [1.82, 2.24) is 4.90 Å². The van der Waals surface area contributed by atoms with Gasteiger partial charge in [-0.25, -0.2) is 0 Å². The normalized spacial score (nSPS) is 11.8. The molecule has 2 N–H and O–H groups in total. The lowest BCUT2D eigenvalue weighted by Crippen LogP contribution is -2.47. The highest BCUT2D eigenvalue weighted by atomic mass is 35.5. The van der Waals surface area contributed by atoms with Crippen LogP contribution in [0.3, 0.4) is 0 Å². The van der Waals surface area contributed by atoms with Gasteiger partial charge in [0.2, 0.25) is 5.91 Å². The molecule has 0 fully saturated rings. The summed E-state index contributed by atoms with van der Waals surface area (Å²) in [5.74, 6) is -0.139. The summed E-state index contributed by atoms with van der Waals surface area (Å²) in [5, 5.41) is 0.679. The zero-order valence-corrected chi connectivity index (χ0v) is 15.2. The molecule has 0 aromatic heterocycles. The van der Waals surface area contributed by atoms with E-state index in [2.05, 4.69) is 0 Å². The summed E-state index contributed by atoms with van der Waals surface area (Å²) in [4.78, 5) is 14.8. The Morgan fingerprint density at radius 3 is 2.33 bits per heavy atom. The number of carbonyl (C=O) groups excluding carboxylic acids is 1. The van der Waals surface area contributed by atoms with Crippen LogP contribution in [-0.2, 0) is 17.6 Å². The first-order valence-electron chi connectivity index (χ1n) is 7.89. The molecule has 0 aliphatic carbocycles. The first kappa shape index (κ1) is 18.6. The molecule has 1 atom stereocenters. The summed E-state index contributed by atoms with van der Waals surface area (Å²) in [6, 6.07) is 16.6. The first-order chi connectivity index (χ1) is 11.5. The number of amides is 1. The van der Waals surface area contributed by atoms with E-state index in [0.29, 0.717) is 29.4 Å². The van der Waals surface area contributed by atoms with Crippen LogP contribution in [0.2, 0.25) is 5.02 Å². The zero-order valence-electron chi connectivity index (χ0n) is 13.6. The predicted molar refractivity (Wildman–Crippen MR) is 103 cm³/mol. The van der Waals surface area contributed by atoms with Gasteiger partial charge in [-0.1, -0.05) is 66.3 Å². The van der Waals surface area contributed by atoms with Crippen LogP contribution in [0.15, 0.2) is 54.6 Å². The highest BCUT2D eigenvalue weighted by molar-refractivity contribution is 7.80. The van der Waals surface area contributed by atoms with Crippen molar-refractivity contribution >= 4 is 34.7 Å². The fourth-order valence-corrected chi connectivity index (χ4v) is 2.99. The molecular formula is C19H21ClN2OS. The van der Waals surface area contributed by atoms with E-state index in [4.69, 9.17) is 29.6 Å². The Labute approximate surface area is 153 Å². The van der Waals surface area contributed by atoms with Crippen molar-refractivity contribution in [1.29, 1.82) is 0 Å². The van der Waals surface area contributed by atoms with E-state index in [1.165, 1.54) is 0 Å². The van der Waals surface area contributed by atoms with Gasteiger partial charge < -0.3 is 10.6 Å². The van der Waals surface area contributed by atoms with Crippen LogP contribution in [0.1, 0.15) is 18.1 Å². The second kappa shape index (κ2) is 8.92. The summed E-state index contributed by atoms with van der Waals surface area (Å²) in [5.41, 5.74) is 8.17. The summed E-state index contributed by atoms with van der Waals surface area (Å²) < 4.78 is 0. The minimum absolute atomic E-state index is 0.139. The predicted octanol–water partition coefficient (Wildman–Crippen LogP) is 3.63. The van der Waals surface area contributed by atoms with Crippen molar-refractivity contribution in [2.24, 2.45) is 5.73 Å². The number of nitrogens with zero attached hydrogens (tertiary/aromatic N) is 1. The van der Waals surface area contributed by atoms with Crippen LogP contribution in [0, 0.1) is 0 Å². The number of benzene rings is 2. The summed E-state index contributed by atoms with van der Waals surface area (Å²) >= 11 is 11.4. The van der Waals surface area contributed by atoms with E-state index in [9.17, 15) is 4.79 Å². The lowest BCUT2D eigenvalue weighted by atomic mass is 10.1. The number of carbonyl (C=O) groups is 1. The van der Waals surface area contributed by atoms with Gasteiger partial charge in [0, 0.05) is 18.0 Å². The largest absolute Gasteiger partial charge is 0.320 e. The molecule has 2 aromatic carbocycles. The van der Waals surface area contributed by atoms with E-state index < -0.39 is 6.04 Å². The topological polar surface area (TPSA) is 46.3 Å². The summed E-state index contributed by atoms with van der Waals surface area (Å²) in [7, 11) is 0. The van der Waals surface area contributed by atoms with Crippen molar-refractivity contribution in [3.63, 3.8) is 0 Å². The molecule has 2 rings (SSSR count). The Morgan fingerprint density at radius 1 is 1.12 bits per heavy atom. The minimum atomic E-state index is -0.601. The lowest BCUT2D eigenvalue weighted by molar-refractivity contribution is -0.128. The highest BCUT2D eigenvalue weighted by Crippen LogP contribution is 2.12. The molecule has 0 spiro atoms. The molecule has 0 saturated carbocycles. The van der Waals surface area contributed by atoms with E-state index in [-0.39, 0.29) is 5.91 Å². The van der Waals surface area contributed by atoms with Crippen molar-refractivity contribution in [2.45, 2.75) is 25.8 Å².